The lowest BCUT2D eigenvalue weighted by Gasteiger charge is -2.06. The van der Waals surface area contributed by atoms with Gasteiger partial charge in [0.25, 0.3) is 5.91 Å². The summed E-state index contributed by atoms with van der Waals surface area (Å²) in [7, 11) is 1.30. The number of aryl methyl sites for hydroxylation is 2. The zero-order valence-electron chi connectivity index (χ0n) is 12.0. The maximum Gasteiger partial charge on any atom is 0.350 e. The first-order valence-electron chi connectivity index (χ1n) is 6.28. The summed E-state index contributed by atoms with van der Waals surface area (Å²) < 4.78 is 6.27. The van der Waals surface area contributed by atoms with Crippen LogP contribution in [0.1, 0.15) is 32.6 Å². The van der Waals surface area contributed by atoms with Crippen molar-refractivity contribution < 1.29 is 14.3 Å². The number of amides is 1. The third kappa shape index (κ3) is 2.89. The van der Waals surface area contributed by atoms with Crippen molar-refractivity contribution in [3.05, 3.63) is 27.7 Å². The number of carbonyl (C=O) groups is 2. The van der Waals surface area contributed by atoms with Crippen molar-refractivity contribution in [1.82, 2.24) is 9.78 Å². The van der Waals surface area contributed by atoms with E-state index in [-0.39, 0.29) is 5.69 Å². The van der Waals surface area contributed by atoms with E-state index in [1.165, 1.54) is 18.4 Å². The Morgan fingerprint density at radius 1 is 1.52 bits per heavy atom. The van der Waals surface area contributed by atoms with Gasteiger partial charge in [0.05, 0.1) is 18.5 Å². The van der Waals surface area contributed by atoms with Crippen LogP contribution in [-0.2, 0) is 11.3 Å². The summed E-state index contributed by atoms with van der Waals surface area (Å²) in [5.41, 5.74) is 7.42. The van der Waals surface area contributed by atoms with Gasteiger partial charge in [0.2, 0.25) is 0 Å². The lowest BCUT2D eigenvalue weighted by molar-refractivity contribution is 0.0607. The van der Waals surface area contributed by atoms with Gasteiger partial charge in [-0.05, 0) is 24.8 Å². The van der Waals surface area contributed by atoms with Crippen LogP contribution in [0.3, 0.4) is 0 Å². The zero-order chi connectivity index (χ0) is 15.6. The molecule has 2 aromatic rings. The average Bonchev–Trinajstić information content (AvgIpc) is 3.02. The van der Waals surface area contributed by atoms with Crippen LogP contribution in [-0.4, -0.2) is 28.8 Å². The summed E-state index contributed by atoms with van der Waals surface area (Å²) >= 11 is 1.21. The monoisotopic (exact) mass is 308 g/mol. The number of thiophene rings is 1. The zero-order valence-corrected chi connectivity index (χ0v) is 12.8. The standard InChI is InChI=1S/C13H16N4O3S/c1-4-17-5-8(14)10(16-17)12(18)15-9-7(2)6-21-11(9)13(19)20-3/h5-6H,4,14H2,1-3H3,(H,15,18). The average molecular weight is 308 g/mol. The van der Waals surface area contributed by atoms with E-state index >= 15 is 0 Å². The molecule has 0 fully saturated rings. The van der Waals surface area contributed by atoms with Crippen molar-refractivity contribution in [2.45, 2.75) is 20.4 Å². The fourth-order valence-electron chi connectivity index (χ4n) is 1.79. The Hall–Kier alpha value is -2.35. The number of esters is 1. The number of nitrogens with zero attached hydrogens (tertiary/aromatic N) is 2. The van der Waals surface area contributed by atoms with Gasteiger partial charge in [-0.25, -0.2) is 4.79 Å². The molecule has 8 heteroatoms. The molecule has 2 aromatic heterocycles. The molecule has 0 unspecified atom stereocenters. The van der Waals surface area contributed by atoms with E-state index in [0.29, 0.717) is 22.8 Å². The second-order valence-electron chi connectivity index (χ2n) is 4.36. The quantitative estimate of drug-likeness (QED) is 0.840. The second kappa shape index (κ2) is 5.96. The number of nitrogens with two attached hydrogens (primary N) is 1. The molecule has 7 nitrogen and oxygen atoms in total. The molecule has 0 atom stereocenters. The van der Waals surface area contributed by atoms with Crippen molar-refractivity contribution >= 4 is 34.6 Å². The third-order valence-corrected chi connectivity index (χ3v) is 3.99. The summed E-state index contributed by atoms with van der Waals surface area (Å²) in [6, 6.07) is 0. The highest BCUT2D eigenvalue weighted by Gasteiger charge is 2.21. The minimum absolute atomic E-state index is 0.137. The number of rotatable bonds is 4. The minimum Gasteiger partial charge on any atom is -0.465 e. The smallest absolute Gasteiger partial charge is 0.350 e. The van der Waals surface area contributed by atoms with Gasteiger partial charge >= 0.3 is 5.97 Å². The summed E-state index contributed by atoms with van der Waals surface area (Å²) in [6.07, 6.45) is 1.59. The summed E-state index contributed by atoms with van der Waals surface area (Å²) in [4.78, 5) is 24.3. The van der Waals surface area contributed by atoms with Gasteiger partial charge in [0.1, 0.15) is 4.88 Å². The Morgan fingerprint density at radius 3 is 2.81 bits per heavy atom. The molecule has 3 N–H and O–H groups in total. The molecule has 112 valence electrons. The first kappa shape index (κ1) is 15.0. The van der Waals surface area contributed by atoms with Crippen LogP contribution in [0.5, 0.6) is 0 Å². The van der Waals surface area contributed by atoms with Crippen LogP contribution in [0.2, 0.25) is 0 Å². The van der Waals surface area contributed by atoms with E-state index < -0.39 is 11.9 Å². The molecule has 1 amide bonds. The molecule has 0 spiro atoms. The molecule has 0 aliphatic heterocycles. The van der Waals surface area contributed by atoms with Gasteiger partial charge in [-0.15, -0.1) is 11.3 Å². The molecule has 0 aromatic carbocycles. The third-order valence-electron chi connectivity index (χ3n) is 2.91. The van der Waals surface area contributed by atoms with Crippen LogP contribution in [0.25, 0.3) is 0 Å². The van der Waals surface area contributed by atoms with Gasteiger partial charge in [0, 0.05) is 12.7 Å². The SMILES string of the molecule is CCn1cc(N)c(C(=O)Nc2c(C)csc2C(=O)OC)n1. The lowest BCUT2D eigenvalue weighted by atomic mass is 10.2. The molecular weight excluding hydrogens is 292 g/mol. The molecule has 21 heavy (non-hydrogen) atoms. The van der Waals surface area contributed by atoms with Crippen LogP contribution in [0.4, 0.5) is 11.4 Å². The fourth-order valence-corrected chi connectivity index (χ4v) is 2.71. The van der Waals surface area contributed by atoms with Crippen LogP contribution in [0.15, 0.2) is 11.6 Å². The summed E-state index contributed by atoms with van der Waals surface area (Å²) in [6.45, 7) is 4.31. The van der Waals surface area contributed by atoms with Gasteiger partial charge in [-0.3, -0.25) is 9.48 Å². The van der Waals surface area contributed by atoms with E-state index in [4.69, 9.17) is 10.5 Å². The van der Waals surface area contributed by atoms with E-state index in [2.05, 4.69) is 10.4 Å². The largest absolute Gasteiger partial charge is 0.465 e. The molecule has 2 heterocycles. The van der Waals surface area contributed by atoms with Crippen LogP contribution in [0, 0.1) is 6.92 Å². The Balaban J connectivity index is 2.29. The number of aromatic nitrogens is 2. The Labute approximate surface area is 125 Å². The van der Waals surface area contributed by atoms with Gasteiger partial charge in [-0.2, -0.15) is 5.10 Å². The lowest BCUT2D eigenvalue weighted by Crippen LogP contribution is -2.17. The van der Waals surface area contributed by atoms with E-state index in [9.17, 15) is 9.59 Å². The molecule has 0 radical (unpaired) electrons. The minimum atomic E-state index is -0.490. The maximum atomic E-state index is 12.3. The Bertz CT molecular complexity index is 690. The van der Waals surface area contributed by atoms with Crippen LogP contribution < -0.4 is 11.1 Å². The number of nitrogen functional groups attached to an aromatic ring is 1. The van der Waals surface area contributed by atoms with Gasteiger partial charge in [0.15, 0.2) is 5.69 Å². The molecular formula is C13H16N4O3S. The summed E-state index contributed by atoms with van der Waals surface area (Å²) in [5, 5.41) is 8.56. The van der Waals surface area contributed by atoms with Crippen molar-refractivity contribution in [1.29, 1.82) is 0 Å². The molecule has 2 rings (SSSR count). The highest BCUT2D eigenvalue weighted by atomic mass is 32.1. The Kier molecular flexibility index (Phi) is 4.27. The van der Waals surface area contributed by atoms with E-state index in [1.54, 1.807) is 23.2 Å². The van der Waals surface area contributed by atoms with Crippen molar-refractivity contribution in [3.8, 4) is 0 Å². The summed E-state index contributed by atoms with van der Waals surface area (Å²) in [5.74, 6) is -0.943. The molecule has 0 saturated carbocycles. The van der Waals surface area contributed by atoms with Crippen molar-refractivity contribution in [3.63, 3.8) is 0 Å². The second-order valence-corrected chi connectivity index (χ2v) is 5.24. The highest BCUT2D eigenvalue weighted by molar-refractivity contribution is 7.12. The first-order chi connectivity index (χ1) is 9.97. The predicted molar refractivity (Wildman–Crippen MR) is 80.7 cm³/mol. The van der Waals surface area contributed by atoms with Gasteiger partial charge < -0.3 is 15.8 Å². The topological polar surface area (TPSA) is 99.2 Å². The number of methoxy groups -OCH3 is 1. The van der Waals surface area contributed by atoms with E-state index in [0.717, 1.165) is 5.56 Å². The number of hydrogen-bond acceptors (Lipinski definition) is 6. The molecule has 0 aliphatic carbocycles. The number of hydrogen-bond donors (Lipinski definition) is 2. The maximum absolute atomic E-state index is 12.3. The van der Waals surface area contributed by atoms with Crippen molar-refractivity contribution in [2.24, 2.45) is 0 Å². The normalized spacial score (nSPS) is 10.4. The molecule has 0 bridgehead atoms. The van der Waals surface area contributed by atoms with Crippen LogP contribution >= 0.6 is 11.3 Å². The first-order valence-corrected chi connectivity index (χ1v) is 7.16. The number of nitrogens with one attached hydrogen (secondary N) is 1. The van der Waals surface area contributed by atoms with Crippen molar-refractivity contribution in [2.75, 3.05) is 18.2 Å². The fraction of sp³-hybridized carbons (Fsp3) is 0.308. The molecule has 0 saturated heterocycles. The number of carbonyl (C=O) groups excluding carboxylic acids is 2. The number of anilines is 2. The van der Waals surface area contributed by atoms with E-state index in [1.807, 2.05) is 6.92 Å². The Morgan fingerprint density at radius 2 is 2.24 bits per heavy atom. The predicted octanol–water partition coefficient (Wildman–Crippen LogP) is 1.89. The molecule has 0 aliphatic rings. The highest BCUT2D eigenvalue weighted by Crippen LogP contribution is 2.29. The number of ether oxygens (including phenoxy) is 1. The van der Waals surface area contributed by atoms with Gasteiger partial charge in [-0.1, -0.05) is 0 Å².